The molecule has 5 aromatic rings. The molecule has 0 spiro atoms. The van der Waals surface area contributed by atoms with Crippen molar-refractivity contribution in [3.8, 4) is 11.3 Å². The van der Waals surface area contributed by atoms with Crippen molar-refractivity contribution in [3.05, 3.63) is 71.8 Å². The number of halogens is 1. The minimum absolute atomic E-state index is 0.0510. The predicted octanol–water partition coefficient (Wildman–Crippen LogP) is 4.79. The molecule has 0 saturated carbocycles. The molecule has 5 rings (SSSR count). The maximum absolute atomic E-state index is 6.09. The van der Waals surface area contributed by atoms with E-state index in [0.29, 0.717) is 16.5 Å². The van der Waals surface area contributed by atoms with Crippen LogP contribution in [0.25, 0.3) is 33.3 Å². The first-order valence-electron chi connectivity index (χ1n) is 9.10. The summed E-state index contributed by atoms with van der Waals surface area (Å²) in [5.41, 5.74) is 5.13. The van der Waals surface area contributed by atoms with Crippen molar-refractivity contribution in [2.75, 3.05) is 5.32 Å². The number of anilines is 1. The highest BCUT2D eigenvalue weighted by atomic mass is 35.5. The molecule has 0 radical (unpaired) electrons. The smallest absolute Gasteiger partial charge is 0.159 e. The molecule has 0 amide bonds. The molecule has 0 fully saturated rings. The van der Waals surface area contributed by atoms with E-state index in [0.717, 1.165) is 33.2 Å². The molecule has 3 heterocycles. The molecule has 29 heavy (non-hydrogen) atoms. The molecular formula is C21H16ClN7. The molecule has 0 bridgehead atoms. The number of benzene rings is 2. The Labute approximate surface area is 171 Å². The molecule has 8 heteroatoms. The maximum atomic E-state index is 6.09. The summed E-state index contributed by atoms with van der Waals surface area (Å²) in [6.07, 6.45) is 4.99. The SMILES string of the molecule is C[C@H](Nc1cnc2cc(-c3ncnc4[nH]ncc34)ccc2n1)c1cccc(Cl)c1. The van der Waals surface area contributed by atoms with Gasteiger partial charge in [0.05, 0.1) is 40.5 Å². The van der Waals surface area contributed by atoms with Crippen molar-refractivity contribution < 1.29 is 0 Å². The highest BCUT2D eigenvalue weighted by Gasteiger charge is 2.11. The highest BCUT2D eigenvalue weighted by molar-refractivity contribution is 6.30. The number of aromatic nitrogens is 6. The lowest BCUT2D eigenvalue weighted by molar-refractivity contribution is 0.874. The molecule has 142 valence electrons. The van der Waals surface area contributed by atoms with Gasteiger partial charge >= 0.3 is 0 Å². The Kier molecular flexibility index (Phi) is 4.29. The Morgan fingerprint density at radius 1 is 1.00 bits per heavy atom. The lowest BCUT2D eigenvalue weighted by Crippen LogP contribution is -2.08. The Morgan fingerprint density at radius 2 is 1.93 bits per heavy atom. The van der Waals surface area contributed by atoms with Crippen molar-refractivity contribution in [3.63, 3.8) is 0 Å². The summed E-state index contributed by atoms with van der Waals surface area (Å²) in [6.45, 7) is 2.06. The van der Waals surface area contributed by atoms with Gasteiger partial charge in [0.15, 0.2) is 5.65 Å². The second-order valence-electron chi connectivity index (χ2n) is 6.73. The highest BCUT2D eigenvalue weighted by Crippen LogP contribution is 2.27. The molecule has 2 N–H and O–H groups in total. The summed E-state index contributed by atoms with van der Waals surface area (Å²) in [4.78, 5) is 17.9. The molecule has 0 saturated heterocycles. The lowest BCUT2D eigenvalue weighted by Gasteiger charge is -2.15. The average Bonchev–Trinajstić information content (AvgIpc) is 3.22. The standard InChI is InChI=1S/C21H16ClN7/c1-12(13-3-2-4-15(22)7-13)27-19-10-23-18-8-14(5-6-17(18)28-19)20-16-9-26-29-21(16)25-11-24-20/h2-12H,1H3,(H,27,28)(H,24,25,26,29)/t12-/m0/s1. The summed E-state index contributed by atoms with van der Waals surface area (Å²) >= 11 is 6.09. The minimum atomic E-state index is 0.0510. The Hall–Kier alpha value is -3.58. The third-order valence-corrected chi connectivity index (χ3v) is 5.01. The molecule has 0 unspecified atom stereocenters. The topological polar surface area (TPSA) is 92.3 Å². The van der Waals surface area contributed by atoms with Crippen LogP contribution in [-0.4, -0.2) is 30.1 Å². The number of H-pyrrole nitrogens is 1. The molecule has 0 aliphatic rings. The Balaban J connectivity index is 1.46. The van der Waals surface area contributed by atoms with E-state index in [2.05, 4.69) is 37.4 Å². The first-order chi connectivity index (χ1) is 14.2. The first kappa shape index (κ1) is 17.5. The number of hydrogen-bond donors (Lipinski definition) is 2. The second-order valence-corrected chi connectivity index (χ2v) is 7.17. The Bertz CT molecular complexity index is 1330. The number of rotatable bonds is 4. The van der Waals surface area contributed by atoms with E-state index in [4.69, 9.17) is 16.6 Å². The van der Waals surface area contributed by atoms with Crippen molar-refractivity contribution in [1.29, 1.82) is 0 Å². The second kappa shape index (κ2) is 7.10. The molecule has 3 aromatic heterocycles. The monoisotopic (exact) mass is 401 g/mol. The maximum Gasteiger partial charge on any atom is 0.159 e. The number of nitrogens with one attached hydrogen (secondary N) is 2. The van der Waals surface area contributed by atoms with Gasteiger partial charge in [0, 0.05) is 10.6 Å². The summed E-state index contributed by atoms with van der Waals surface area (Å²) in [6, 6.07) is 13.7. The van der Waals surface area contributed by atoms with Gasteiger partial charge < -0.3 is 5.32 Å². The van der Waals surface area contributed by atoms with Crippen LogP contribution < -0.4 is 5.32 Å². The van der Waals surface area contributed by atoms with Gasteiger partial charge in [-0.15, -0.1) is 0 Å². The number of aromatic amines is 1. The van der Waals surface area contributed by atoms with Crippen molar-refractivity contribution in [2.24, 2.45) is 0 Å². The third kappa shape index (κ3) is 3.36. The van der Waals surface area contributed by atoms with E-state index in [1.807, 2.05) is 42.5 Å². The minimum Gasteiger partial charge on any atom is -0.362 e. The van der Waals surface area contributed by atoms with E-state index in [9.17, 15) is 0 Å². The van der Waals surface area contributed by atoms with E-state index in [1.54, 1.807) is 12.4 Å². The van der Waals surface area contributed by atoms with E-state index in [1.165, 1.54) is 6.33 Å². The van der Waals surface area contributed by atoms with Gasteiger partial charge in [-0.1, -0.05) is 29.8 Å². The van der Waals surface area contributed by atoms with E-state index in [-0.39, 0.29) is 6.04 Å². The van der Waals surface area contributed by atoms with E-state index >= 15 is 0 Å². The fourth-order valence-electron chi connectivity index (χ4n) is 3.30. The normalized spacial score (nSPS) is 12.3. The number of hydrogen-bond acceptors (Lipinski definition) is 6. The van der Waals surface area contributed by atoms with Crippen LogP contribution in [0.15, 0.2) is 61.2 Å². The molecule has 0 aliphatic heterocycles. The average molecular weight is 402 g/mol. The fraction of sp³-hybridized carbons (Fsp3) is 0.0952. The fourth-order valence-corrected chi connectivity index (χ4v) is 3.50. The van der Waals surface area contributed by atoms with Gasteiger partial charge in [-0.2, -0.15) is 5.10 Å². The van der Waals surface area contributed by atoms with E-state index < -0.39 is 0 Å². The zero-order valence-electron chi connectivity index (χ0n) is 15.5. The van der Waals surface area contributed by atoms with Crippen LogP contribution in [0.2, 0.25) is 5.02 Å². The van der Waals surface area contributed by atoms with Gasteiger partial charge in [0.25, 0.3) is 0 Å². The van der Waals surface area contributed by atoms with Crippen LogP contribution in [0, 0.1) is 0 Å². The van der Waals surface area contributed by atoms with Crippen LogP contribution in [0.1, 0.15) is 18.5 Å². The van der Waals surface area contributed by atoms with Crippen LogP contribution in [-0.2, 0) is 0 Å². The Morgan fingerprint density at radius 3 is 2.83 bits per heavy atom. The van der Waals surface area contributed by atoms with Crippen molar-refractivity contribution >= 4 is 39.5 Å². The van der Waals surface area contributed by atoms with Crippen LogP contribution in [0.3, 0.4) is 0 Å². The number of nitrogens with zero attached hydrogens (tertiary/aromatic N) is 5. The first-order valence-corrected chi connectivity index (χ1v) is 9.48. The largest absolute Gasteiger partial charge is 0.362 e. The summed E-state index contributed by atoms with van der Waals surface area (Å²) in [5.74, 6) is 0.706. The van der Waals surface area contributed by atoms with Crippen LogP contribution in [0.4, 0.5) is 5.82 Å². The lowest BCUT2D eigenvalue weighted by atomic mass is 10.1. The predicted molar refractivity (Wildman–Crippen MR) is 114 cm³/mol. The summed E-state index contributed by atoms with van der Waals surface area (Å²) in [7, 11) is 0. The molecule has 1 atom stereocenters. The van der Waals surface area contributed by atoms with Gasteiger partial charge in [0.2, 0.25) is 0 Å². The molecule has 7 nitrogen and oxygen atoms in total. The molecule has 2 aromatic carbocycles. The van der Waals surface area contributed by atoms with Gasteiger partial charge in [-0.3, -0.25) is 10.1 Å². The van der Waals surface area contributed by atoms with Crippen LogP contribution >= 0.6 is 11.6 Å². The third-order valence-electron chi connectivity index (χ3n) is 4.78. The summed E-state index contributed by atoms with van der Waals surface area (Å²) in [5, 5.41) is 11.9. The summed E-state index contributed by atoms with van der Waals surface area (Å²) < 4.78 is 0. The number of fused-ring (bicyclic) bond motifs is 2. The zero-order valence-corrected chi connectivity index (χ0v) is 16.2. The van der Waals surface area contributed by atoms with Gasteiger partial charge in [-0.25, -0.2) is 15.0 Å². The van der Waals surface area contributed by atoms with Gasteiger partial charge in [0.1, 0.15) is 12.1 Å². The molecule has 0 aliphatic carbocycles. The van der Waals surface area contributed by atoms with Gasteiger partial charge in [-0.05, 0) is 36.8 Å². The molecular weight excluding hydrogens is 386 g/mol. The zero-order chi connectivity index (χ0) is 19.8. The quantitative estimate of drug-likeness (QED) is 0.449. The van der Waals surface area contributed by atoms with Crippen molar-refractivity contribution in [1.82, 2.24) is 30.1 Å². The van der Waals surface area contributed by atoms with Crippen LogP contribution in [0.5, 0.6) is 0 Å². The van der Waals surface area contributed by atoms with Crippen molar-refractivity contribution in [2.45, 2.75) is 13.0 Å².